The summed E-state index contributed by atoms with van der Waals surface area (Å²) in [6.07, 6.45) is 1.34. The number of benzene rings is 2. The number of hydrogen-bond donors (Lipinski definition) is 2. The Morgan fingerprint density at radius 1 is 0.966 bits per heavy atom. The highest BCUT2D eigenvalue weighted by Crippen LogP contribution is 2.31. The number of carbonyl (C=O) groups is 2. The monoisotopic (exact) mass is 396 g/mol. The topological polar surface area (TPSA) is 85.9 Å². The molecule has 5 rings (SSSR count). The van der Waals surface area contributed by atoms with E-state index in [0.717, 1.165) is 30.0 Å². The van der Waals surface area contributed by atoms with E-state index in [1.807, 2.05) is 42.5 Å². The summed E-state index contributed by atoms with van der Waals surface area (Å²) in [5.74, 6) is 0.196. The van der Waals surface area contributed by atoms with Gasteiger partial charge in [0.15, 0.2) is 6.10 Å². The van der Waals surface area contributed by atoms with Crippen LogP contribution in [0.15, 0.2) is 42.5 Å². The first kappa shape index (κ1) is 18.4. The molecule has 3 aliphatic rings. The SMILES string of the molecule is O=C(Nc1cccc2ccccc12)OC1COC2C(NC(=O)C3CCC3)COC12. The Labute approximate surface area is 168 Å². The van der Waals surface area contributed by atoms with Crippen molar-refractivity contribution in [3.05, 3.63) is 42.5 Å². The Bertz CT molecular complexity index is 923. The standard InChI is InChI=1S/C22H24N2O5/c25-21(14-7-3-8-14)23-17-11-27-20-18(12-28-19(17)20)29-22(26)24-16-10-4-6-13-5-1-2-9-15(13)16/h1-2,4-6,9-10,14,17-20H,3,7-8,11-12H2,(H,23,25)(H,24,26). The predicted octanol–water partition coefficient (Wildman–Crippen LogP) is 2.84. The summed E-state index contributed by atoms with van der Waals surface area (Å²) in [7, 11) is 0. The Balaban J connectivity index is 1.19. The number of nitrogens with one attached hydrogen (secondary N) is 2. The van der Waals surface area contributed by atoms with Crippen molar-refractivity contribution in [1.29, 1.82) is 0 Å². The average molecular weight is 396 g/mol. The molecule has 0 radical (unpaired) electrons. The first-order valence-corrected chi connectivity index (χ1v) is 10.2. The van der Waals surface area contributed by atoms with Gasteiger partial charge < -0.3 is 19.5 Å². The maximum Gasteiger partial charge on any atom is 0.412 e. The highest BCUT2D eigenvalue weighted by Gasteiger charge is 2.50. The first-order chi connectivity index (χ1) is 14.2. The molecular formula is C22H24N2O5. The molecule has 7 heteroatoms. The molecule has 2 saturated heterocycles. The van der Waals surface area contributed by atoms with E-state index in [4.69, 9.17) is 14.2 Å². The van der Waals surface area contributed by atoms with Crippen molar-refractivity contribution in [1.82, 2.24) is 5.32 Å². The van der Waals surface area contributed by atoms with Gasteiger partial charge in [-0.1, -0.05) is 42.8 Å². The minimum atomic E-state index is -0.541. The zero-order valence-corrected chi connectivity index (χ0v) is 16.0. The van der Waals surface area contributed by atoms with Crippen LogP contribution in [-0.4, -0.2) is 49.6 Å². The van der Waals surface area contributed by atoms with Gasteiger partial charge >= 0.3 is 6.09 Å². The highest BCUT2D eigenvalue weighted by atomic mass is 16.6. The number of rotatable bonds is 4. The van der Waals surface area contributed by atoms with Crippen molar-refractivity contribution in [2.75, 3.05) is 18.5 Å². The highest BCUT2D eigenvalue weighted by molar-refractivity contribution is 6.00. The molecule has 152 valence electrons. The summed E-state index contributed by atoms with van der Waals surface area (Å²) in [5.41, 5.74) is 0.696. The molecule has 0 aromatic heterocycles. The zero-order chi connectivity index (χ0) is 19.8. The van der Waals surface area contributed by atoms with Gasteiger partial charge in [-0.05, 0) is 24.3 Å². The Hall–Kier alpha value is -2.64. The predicted molar refractivity (Wildman–Crippen MR) is 107 cm³/mol. The molecule has 2 amide bonds. The van der Waals surface area contributed by atoms with Crippen molar-refractivity contribution in [2.45, 2.75) is 43.6 Å². The number of amides is 2. The molecule has 0 spiro atoms. The van der Waals surface area contributed by atoms with Crippen LogP contribution in [0.3, 0.4) is 0 Å². The number of ether oxygens (including phenoxy) is 3. The van der Waals surface area contributed by atoms with Crippen molar-refractivity contribution in [2.24, 2.45) is 5.92 Å². The van der Waals surface area contributed by atoms with Gasteiger partial charge in [0.05, 0.1) is 24.9 Å². The summed E-state index contributed by atoms with van der Waals surface area (Å²) in [5, 5.41) is 7.85. The molecule has 1 saturated carbocycles. The van der Waals surface area contributed by atoms with Gasteiger partial charge in [0, 0.05) is 11.3 Å². The Kier molecular flexibility index (Phi) is 4.85. The van der Waals surface area contributed by atoms with Crippen LogP contribution in [0.5, 0.6) is 0 Å². The molecule has 1 aliphatic carbocycles. The lowest BCUT2D eigenvalue weighted by Gasteiger charge is -2.27. The Morgan fingerprint density at radius 3 is 2.59 bits per heavy atom. The van der Waals surface area contributed by atoms with Gasteiger partial charge in [0.1, 0.15) is 12.2 Å². The van der Waals surface area contributed by atoms with Crippen LogP contribution >= 0.6 is 0 Å². The summed E-state index contributed by atoms with van der Waals surface area (Å²) >= 11 is 0. The van der Waals surface area contributed by atoms with Crippen LogP contribution in [0.25, 0.3) is 10.8 Å². The van der Waals surface area contributed by atoms with Crippen LogP contribution in [0, 0.1) is 5.92 Å². The molecular weight excluding hydrogens is 372 g/mol. The number of anilines is 1. The number of hydrogen-bond acceptors (Lipinski definition) is 5. The molecule has 2 N–H and O–H groups in total. The van der Waals surface area contributed by atoms with Gasteiger partial charge in [-0.2, -0.15) is 0 Å². The van der Waals surface area contributed by atoms with Gasteiger partial charge in [-0.15, -0.1) is 0 Å². The van der Waals surface area contributed by atoms with Gasteiger partial charge in [-0.25, -0.2) is 4.79 Å². The van der Waals surface area contributed by atoms with Crippen LogP contribution in [0.4, 0.5) is 10.5 Å². The average Bonchev–Trinajstić information content (AvgIpc) is 3.24. The molecule has 2 heterocycles. The fourth-order valence-corrected chi connectivity index (χ4v) is 4.27. The van der Waals surface area contributed by atoms with Gasteiger partial charge in [0.25, 0.3) is 0 Å². The first-order valence-electron chi connectivity index (χ1n) is 10.2. The third-order valence-electron chi connectivity index (χ3n) is 6.10. The van der Waals surface area contributed by atoms with Crippen LogP contribution in [-0.2, 0) is 19.0 Å². The van der Waals surface area contributed by atoms with Crippen LogP contribution < -0.4 is 10.6 Å². The van der Waals surface area contributed by atoms with E-state index in [1.165, 1.54) is 0 Å². The summed E-state index contributed by atoms with van der Waals surface area (Å²) in [4.78, 5) is 24.7. The second-order valence-corrected chi connectivity index (χ2v) is 7.93. The second-order valence-electron chi connectivity index (χ2n) is 7.93. The normalized spacial score (nSPS) is 28.6. The lowest BCUT2D eigenvalue weighted by Crippen LogP contribution is -2.47. The van der Waals surface area contributed by atoms with E-state index in [1.54, 1.807) is 0 Å². The zero-order valence-electron chi connectivity index (χ0n) is 16.0. The molecule has 4 unspecified atom stereocenters. The maximum atomic E-state index is 12.5. The van der Waals surface area contributed by atoms with Crippen LogP contribution in [0.1, 0.15) is 19.3 Å². The van der Waals surface area contributed by atoms with Crippen molar-refractivity contribution >= 4 is 28.5 Å². The van der Waals surface area contributed by atoms with E-state index < -0.39 is 12.2 Å². The molecule has 2 aromatic carbocycles. The van der Waals surface area contributed by atoms with Crippen molar-refractivity contribution in [3.8, 4) is 0 Å². The third kappa shape index (κ3) is 3.56. The molecule has 2 aromatic rings. The van der Waals surface area contributed by atoms with Crippen molar-refractivity contribution < 1.29 is 23.8 Å². The quantitative estimate of drug-likeness (QED) is 0.830. The Morgan fingerprint density at radius 2 is 1.76 bits per heavy atom. The molecule has 7 nitrogen and oxygen atoms in total. The van der Waals surface area contributed by atoms with E-state index in [-0.39, 0.29) is 36.7 Å². The van der Waals surface area contributed by atoms with E-state index in [9.17, 15) is 9.59 Å². The van der Waals surface area contributed by atoms with Gasteiger partial charge in [0.2, 0.25) is 5.91 Å². The van der Waals surface area contributed by atoms with Crippen molar-refractivity contribution in [3.63, 3.8) is 0 Å². The summed E-state index contributed by atoms with van der Waals surface area (Å²) < 4.78 is 17.2. The lowest BCUT2D eigenvalue weighted by molar-refractivity contribution is -0.128. The maximum absolute atomic E-state index is 12.5. The third-order valence-corrected chi connectivity index (χ3v) is 6.10. The fraction of sp³-hybridized carbons (Fsp3) is 0.455. The number of carbonyl (C=O) groups excluding carboxylic acids is 2. The van der Waals surface area contributed by atoms with Crippen LogP contribution in [0.2, 0.25) is 0 Å². The van der Waals surface area contributed by atoms with E-state index >= 15 is 0 Å². The minimum Gasteiger partial charge on any atom is -0.441 e. The lowest BCUT2D eigenvalue weighted by atomic mass is 9.84. The summed E-state index contributed by atoms with van der Waals surface area (Å²) in [6, 6.07) is 13.4. The van der Waals surface area contributed by atoms with E-state index in [0.29, 0.717) is 12.3 Å². The molecule has 4 atom stereocenters. The molecule has 0 bridgehead atoms. The minimum absolute atomic E-state index is 0.0761. The second kappa shape index (κ2) is 7.65. The molecule has 3 fully saturated rings. The summed E-state index contributed by atoms with van der Waals surface area (Å²) in [6.45, 7) is 0.632. The fourth-order valence-electron chi connectivity index (χ4n) is 4.27. The molecule has 29 heavy (non-hydrogen) atoms. The smallest absolute Gasteiger partial charge is 0.412 e. The van der Waals surface area contributed by atoms with E-state index in [2.05, 4.69) is 10.6 Å². The largest absolute Gasteiger partial charge is 0.441 e. The number of fused-ring (bicyclic) bond motifs is 2. The molecule has 2 aliphatic heterocycles. The van der Waals surface area contributed by atoms with Gasteiger partial charge in [-0.3, -0.25) is 10.1 Å².